The molecular weight excluding hydrogens is 282 g/mol. The van der Waals surface area contributed by atoms with E-state index in [-0.39, 0.29) is 25.4 Å². The summed E-state index contributed by atoms with van der Waals surface area (Å²) in [5.41, 5.74) is 1.21. The van der Waals surface area contributed by atoms with Gasteiger partial charge in [-0.2, -0.15) is 0 Å². The van der Waals surface area contributed by atoms with Crippen molar-refractivity contribution in [3.63, 3.8) is 0 Å². The molecule has 0 radical (unpaired) electrons. The lowest BCUT2D eigenvalue weighted by Gasteiger charge is -2.21. The highest BCUT2D eigenvalue weighted by Crippen LogP contribution is 2.15. The Morgan fingerprint density at radius 2 is 1.82 bits per heavy atom. The molecule has 3 N–H and O–H groups in total. The van der Waals surface area contributed by atoms with E-state index >= 15 is 0 Å². The third kappa shape index (κ3) is 8.34. The number of aliphatic hydroxyl groups is 2. The van der Waals surface area contributed by atoms with E-state index in [1.807, 2.05) is 45.0 Å². The molecule has 5 nitrogen and oxygen atoms in total. The van der Waals surface area contributed by atoms with E-state index in [4.69, 9.17) is 14.6 Å². The smallest absolute Gasteiger partial charge is 0.119 e. The van der Waals surface area contributed by atoms with Crippen molar-refractivity contribution < 1.29 is 19.7 Å². The van der Waals surface area contributed by atoms with Crippen molar-refractivity contribution in [2.45, 2.75) is 45.5 Å². The van der Waals surface area contributed by atoms with Crippen LogP contribution in [0.5, 0.6) is 5.75 Å². The molecule has 0 saturated heterocycles. The number of aliphatic hydroxyl groups excluding tert-OH is 2. The Morgan fingerprint density at radius 3 is 2.45 bits per heavy atom. The normalized spacial score (nSPS) is 15.3. The zero-order chi connectivity index (χ0) is 16.4. The molecule has 126 valence electrons. The van der Waals surface area contributed by atoms with Gasteiger partial charge >= 0.3 is 0 Å². The number of hydrogen-bond donors (Lipinski definition) is 3. The fourth-order valence-corrected chi connectivity index (χ4v) is 2.11. The van der Waals surface area contributed by atoms with Crippen LogP contribution in [0, 0.1) is 6.92 Å². The average Bonchev–Trinajstić information content (AvgIpc) is 2.48. The standard InChI is InChI=1S/C17H29NO4/c1-13-4-6-17(7-5-13)22-15(3)10-14(2)21-12-16(20)11-18-8-9-19/h4-7,14-16,18-20H,8-12H2,1-3H3. The van der Waals surface area contributed by atoms with Crippen LogP contribution in [-0.2, 0) is 4.74 Å². The van der Waals surface area contributed by atoms with E-state index in [1.54, 1.807) is 0 Å². The van der Waals surface area contributed by atoms with Crippen LogP contribution in [0.15, 0.2) is 24.3 Å². The van der Waals surface area contributed by atoms with E-state index in [1.165, 1.54) is 5.56 Å². The molecule has 0 aliphatic carbocycles. The minimum absolute atomic E-state index is 0.00735. The Kier molecular flexibility index (Phi) is 9.08. The maximum Gasteiger partial charge on any atom is 0.119 e. The Balaban J connectivity index is 2.20. The molecule has 3 unspecified atom stereocenters. The molecule has 0 amide bonds. The van der Waals surface area contributed by atoms with Gasteiger partial charge in [0, 0.05) is 19.5 Å². The predicted octanol–water partition coefficient (Wildman–Crippen LogP) is 1.50. The van der Waals surface area contributed by atoms with Gasteiger partial charge in [0.25, 0.3) is 0 Å². The molecular formula is C17H29NO4. The third-order valence-corrected chi connectivity index (χ3v) is 3.26. The van der Waals surface area contributed by atoms with Gasteiger partial charge in [0.15, 0.2) is 0 Å². The third-order valence-electron chi connectivity index (χ3n) is 3.26. The van der Waals surface area contributed by atoms with Crippen molar-refractivity contribution in [1.82, 2.24) is 5.32 Å². The average molecular weight is 311 g/mol. The summed E-state index contributed by atoms with van der Waals surface area (Å²) in [6.45, 7) is 7.27. The number of nitrogens with one attached hydrogen (secondary N) is 1. The summed E-state index contributed by atoms with van der Waals surface area (Å²) >= 11 is 0. The van der Waals surface area contributed by atoms with Crippen molar-refractivity contribution in [3.8, 4) is 5.75 Å². The largest absolute Gasteiger partial charge is 0.491 e. The lowest BCUT2D eigenvalue weighted by atomic mass is 10.2. The highest BCUT2D eigenvalue weighted by molar-refractivity contribution is 5.26. The van der Waals surface area contributed by atoms with E-state index < -0.39 is 6.10 Å². The van der Waals surface area contributed by atoms with Crippen LogP contribution in [0.25, 0.3) is 0 Å². The van der Waals surface area contributed by atoms with Gasteiger partial charge in [-0.05, 0) is 32.9 Å². The monoisotopic (exact) mass is 311 g/mol. The van der Waals surface area contributed by atoms with E-state index in [0.29, 0.717) is 13.1 Å². The van der Waals surface area contributed by atoms with Crippen LogP contribution in [0.3, 0.4) is 0 Å². The van der Waals surface area contributed by atoms with E-state index in [2.05, 4.69) is 5.32 Å². The number of rotatable bonds is 11. The summed E-state index contributed by atoms with van der Waals surface area (Å²) < 4.78 is 11.5. The van der Waals surface area contributed by atoms with Crippen LogP contribution in [0.2, 0.25) is 0 Å². The van der Waals surface area contributed by atoms with Gasteiger partial charge in [-0.25, -0.2) is 0 Å². The molecule has 0 bridgehead atoms. The summed E-state index contributed by atoms with van der Waals surface area (Å²) in [7, 11) is 0. The maximum absolute atomic E-state index is 9.72. The Morgan fingerprint density at radius 1 is 1.14 bits per heavy atom. The minimum atomic E-state index is -0.567. The van der Waals surface area contributed by atoms with Crippen LogP contribution in [0.4, 0.5) is 0 Å². The molecule has 0 aromatic heterocycles. The first-order chi connectivity index (χ1) is 10.5. The molecule has 0 spiro atoms. The van der Waals surface area contributed by atoms with Crippen molar-refractivity contribution in [2.75, 3.05) is 26.3 Å². The lowest BCUT2D eigenvalue weighted by molar-refractivity contribution is -0.0161. The summed E-state index contributed by atoms with van der Waals surface area (Å²) in [6.07, 6.45) is 0.239. The lowest BCUT2D eigenvalue weighted by Crippen LogP contribution is -2.33. The van der Waals surface area contributed by atoms with E-state index in [9.17, 15) is 5.11 Å². The summed E-state index contributed by atoms with van der Waals surface area (Å²) in [5, 5.41) is 21.3. The molecule has 0 fully saturated rings. The maximum atomic E-state index is 9.72. The van der Waals surface area contributed by atoms with Crippen LogP contribution >= 0.6 is 0 Å². The van der Waals surface area contributed by atoms with Gasteiger partial charge in [-0.1, -0.05) is 17.7 Å². The first kappa shape index (κ1) is 18.9. The fourth-order valence-electron chi connectivity index (χ4n) is 2.11. The first-order valence-corrected chi connectivity index (χ1v) is 7.85. The molecule has 3 atom stereocenters. The molecule has 0 aliphatic heterocycles. The minimum Gasteiger partial charge on any atom is -0.491 e. The summed E-state index contributed by atoms with van der Waals surface area (Å²) in [5.74, 6) is 0.860. The van der Waals surface area contributed by atoms with Crippen molar-refractivity contribution >= 4 is 0 Å². The topological polar surface area (TPSA) is 71.0 Å². The quantitative estimate of drug-likeness (QED) is 0.540. The molecule has 1 aromatic rings. The molecule has 0 saturated carbocycles. The number of aryl methyl sites for hydroxylation is 1. The Hall–Kier alpha value is -1.14. The molecule has 0 aliphatic rings. The number of benzene rings is 1. The number of ether oxygens (including phenoxy) is 2. The van der Waals surface area contributed by atoms with Gasteiger partial charge in [0.05, 0.1) is 31.5 Å². The van der Waals surface area contributed by atoms with Crippen molar-refractivity contribution in [1.29, 1.82) is 0 Å². The molecule has 1 rings (SSSR count). The fraction of sp³-hybridized carbons (Fsp3) is 0.647. The van der Waals surface area contributed by atoms with Crippen molar-refractivity contribution in [3.05, 3.63) is 29.8 Å². The molecule has 0 heterocycles. The zero-order valence-electron chi connectivity index (χ0n) is 13.8. The Bertz CT molecular complexity index is 396. The van der Waals surface area contributed by atoms with Crippen molar-refractivity contribution in [2.24, 2.45) is 0 Å². The van der Waals surface area contributed by atoms with Gasteiger partial charge in [-0.3, -0.25) is 0 Å². The number of hydrogen-bond acceptors (Lipinski definition) is 5. The summed E-state index contributed by atoms with van der Waals surface area (Å²) in [6, 6.07) is 7.98. The van der Waals surface area contributed by atoms with E-state index in [0.717, 1.165) is 12.2 Å². The molecule has 22 heavy (non-hydrogen) atoms. The second-order valence-electron chi connectivity index (χ2n) is 5.70. The van der Waals surface area contributed by atoms with Gasteiger partial charge in [-0.15, -0.1) is 0 Å². The molecule has 5 heteroatoms. The van der Waals surface area contributed by atoms with Crippen LogP contribution in [0.1, 0.15) is 25.8 Å². The predicted molar refractivity (Wildman–Crippen MR) is 87.3 cm³/mol. The first-order valence-electron chi connectivity index (χ1n) is 7.85. The Labute approximate surface area is 133 Å². The summed E-state index contributed by atoms with van der Waals surface area (Å²) in [4.78, 5) is 0. The second-order valence-corrected chi connectivity index (χ2v) is 5.70. The van der Waals surface area contributed by atoms with Gasteiger partial charge in [0.2, 0.25) is 0 Å². The molecule has 1 aromatic carbocycles. The SMILES string of the molecule is Cc1ccc(OC(C)CC(C)OCC(O)CNCCO)cc1. The highest BCUT2D eigenvalue weighted by Gasteiger charge is 2.13. The highest BCUT2D eigenvalue weighted by atomic mass is 16.5. The van der Waals surface area contributed by atoms with Gasteiger partial charge in [0.1, 0.15) is 5.75 Å². The van der Waals surface area contributed by atoms with Crippen LogP contribution < -0.4 is 10.1 Å². The van der Waals surface area contributed by atoms with Gasteiger partial charge < -0.3 is 25.0 Å². The zero-order valence-corrected chi connectivity index (χ0v) is 13.8. The van der Waals surface area contributed by atoms with Crippen LogP contribution in [-0.4, -0.2) is 54.8 Å². The second kappa shape index (κ2) is 10.6.